The molecule has 4 aliphatic carbocycles. The summed E-state index contributed by atoms with van der Waals surface area (Å²) in [6.07, 6.45) is 5.36. The molecule has 2 saturated carbocycles. The zero-order valence-electron chi connectivity index (χ0n) is 18.8. The van der Waals surface area contributed by atoms with Crippen molar-refractivity contribution >= 4 is 11.8 Å². The Morgan fingerprint density at radius 3 is 2.50 bits per heavy atom. The highest BCUT2D eigenvalue weighted by atomic mass is 16.4. The van der Waals surface area contributed by atoms with Gasteiger partial charge >= 0.3 is 5.97 Å². The highest BCUT2D eigenvalue weighted by Crippen LogP contribution is 2.72. The highest BCUT2D eigenvalue weighted by Gasteiger charge is 2.75. The van der Waals surface area contributed by atoms with Crippen molar-refractivity contribution in [3.05, 3.63) is 34.9 Å². The minimum Gasteiger partial charge on any atom is -0.478 e. The molecule has 0 radical (unpaired) electrons. The lowest BCUT2D eigenvalue weighted by molar-refractivity contribution is -0.176. The highest BCUT2D eigenvalue weighted by molar-refractivity contribution is 5.95. The second-order valence-corrected chi connectivity index (χ2v) is 10.9. The third-order valence-corrected chi connectivity index (χ3v) is 9.11. The van der Waals surface area contributed by atoms with Gasteiger partial charge in [0.05, 0.1) is 5.41 Å². The molecule has 30 heavy (non-hydrogen) atoms. The van der Waals surface area contributed by atoms with Crippen LogP contribution in [0.5, 0.6) is 0 Å². The maximum absolute atomic E-state index is 14.2. The number of carbonyl (C=O) groups is 2. The summed E-state index contributed by atoms with van der Waals surface area (Å²) in [5, 5.41) is 32.9. The summed E-state index contributed by atoms with van der Waals surface area (Å²) in [6.45, 7) is 11.7. The van der Waals surface area contributed by atoms with Crippen molar-refractivity contribution in [2.24, 2.45) is 40.4 Å². The predicted molar refractivity (Wildman–Crippen MR) is 113 cm³/mol. The molecule has 5 nitrogen and oxygen atoms in total. The number of carbonyl (C=O) groups excluding carboxylic acids is 1. The zero-order valence-corrected chi connectivity index (χ0v) is 18.8. The van der Waals surface area contributed by atoms with E-state index < -0.39 is 29.0 Å². The minimum atomic E-state index is -1.68. The largest absolute Gasteiger partial charge is 0.478 e. The van der Waals surface area contributed by atoms with E-state index in [1.165, 1.54) is 6.92 Å². The first-order valence-electron chi connectivity index (χ1n) is 11.0. The van der Waals surface area contributed by atoms with E-state index in [0.29, 0.717) is 11.5 Å². The summed E-state index contributed by atoms with van der Waals surface area (Å²) < 4.78 is 0. The van der Waals surface area contributed by atoms with E-state index in [1.54, 1.807) is 13.0 Å². The van der Waals surface area contributed by atoms with Crippen LogP contribution in [0.15, 0.2) is 34.9 Å². The Balaban J connectivity index is 1.88. The fraction of sp³-hybridized carbons (Fsp3) is 0.680. The monoisotopic (exact) mass is 414 g/mol. The maximum atomic E-state index is 14.2. The fourth-order valence-corrected chi connectivity index (χ4v) is 7.28. The lowest BCUT2D eigenvalue weighted by Crippen LogP contribution is -2.63. The standard InChI is InChI=1S/C25H34O5/c1-12(22(28)29)7-8-17-14(3)11-24-15(4)10-18-19(23(18,5)6)16(21(24)27)9-13(2)20(26)25(17,24)30/h7,9,11,15-20,26,30H,8,10H2,1-6H3,(H,28,29)/b12-7-/t15-,16+,17+,18-,19+,20-,24?,25-/m1/s1. The number of ketones is 1. The molecule has 8 atom stereocenters. The van der Waals surface area contributed by atoms with Gasteiger partial charge in [0.2, 0.25) is 0 Å². The molecule has 0 aromatic carbocycles. The van der Waals surface area contributed by atoms with Crippen molar-refractivity contribution in [2.45, 2.75) is 66.1 Å². The first-order valence-corrected chi connectivity index (χ1v) is 11.0. The summed E-state index contributed by atoms with van der Waals surface area (Å²) >= 11 is 0. The first kappa shape index (κ1) is 21.5. The van der Waals surface area contributed by atoms with Crippen LogP contribution in [0, 0.1) is 40.4 Å². The number of rotatable bonds is 3. The van der Waals surface area contributed by atoms with Gasteiger partial charge in [0.25, 0.3) is 0 Å². The first-order chi connectivity index (χ1) is 13.8. The van der Waals surface area contributed by atoms with Crippen molar-refractivity contribution < 1.29 is 24.9 Å². The Bertz CT molecular complexity index is 908. The number of aliphatic hydroxyl groups excluding tert-OH is 1. The van der Waals surface area contributed by atoms with E-state index in [9.17, 15) is 24.9 Å². The molecule has 3 N–H and O–H groups in total. The number of fused-ring (bicyclic) bond motifs is 3. The SMILES string of the molecule is CC1=C[C@@H]2C(=O)C3(C=C(C)[C@H](C/C=C(/C)C(=O)O)[C@@]3(O)[C@@H]1O)[C@H](C)C[C@@H]1[C@H]2C1(C)C. The number of carboxylic acids is 1. The molecule has 4 aliphatic rings. The summed E-state index contributed by atoms with van der Waals surface area (Å²) in [6, 6.07) is 0. The average molecular weight is 415 g/mol. The van der Waals surface area contributed by atoms with Gasteiger partial charge in [-0.2, -0.15) is 0 Å². The quantitative estimate of drug-likeness (QED) is 0.485. The molecular formula is C25H34O5. The number of aliphatic hydroxyl groups is 2. The summed E-state index contributed by atoms with van der Waals surface area (Å²) in [7, 11) is 0. The van der Waals surface area contributed by atoms with Crippen LogP contribution in [0.2, 0.25) is 0 Å². The van der Waals surface area contributed by atoms with Crippen LogP contribution >= 0.6 is 0 Å². The van der Waals surface area contributed by atoms with Crippen LogP contribution in [-0.2, 0) is 9.59 Å². The van der Waals surface area contributed by atoms with Crippen LogP contribution < -0.4 is 0 Å². The van der Waals surface area contributed by atoms with Crippen molar-refractivity contribution in [2.75, 3.05) is 0 Å². The maximum Gasteiger partial charge on any atom is 0.330 e. The smallest absolute Gasteiger partial charge is 0.330 e. The summed E-state index contributed by atoms with van der Waals surface area (Å²) in [5.74, 6) is -1.27. The Hall–Kier alpha value is -1.72. The van der Waals surface area contributed by atoms with Gasteiger partial charge in [-0.15, -0.1) is 0 Å². The predicted octanol–water partition coefficient (Wildman–Crippen LogP) is 3.52. The molecular weight excluding hydrogens is 380 g/mol. The number of carboxylic acid groups (broad SMARTS) is 1. The van der Waals surface area contributed by atoms with Crippen LogP contribution in [0.3, 0.4) is 0 Å². The Morgan fingerprint density at radius 1 is 1.27 bits per heavy atom. The van der Waals surface area contributed by atoms with Gasteiger partial charge in [-0.3, -0.25) is 4.79 Å². The van der Waals surface area contributed by atoms with Gasteiger partial charge < -0.3 is 15.3 Å². The van der Waals surface area contributed by atoms with Crippen molar-refractivity contribution in [3.8, 4) is 0 Å². The molecule has 0 amide bonds. The summed E-state index contributed by atoms with van der Waals surface area (Å²) in [5.41, 5.74) is -1.06. The fourth-order valence-electron chi connectivity index (χ4n) is 7.28. The zero-order chi connectivity index (χ0) is 22.4. The molecule has 0 heterocycles. The van der Waals surface area contributed by atoms with Crippen LogP contribution in [0.4, 0.5) is 0 Å². The van der Waals surface area contributed by atoms with Gasteiger partial charge in [0, 0.05) is 17.4 Å². The minimum absolute atomic E-state index is 0.0206. The van der Waals surface area contributed by atoms with E-state index in [-0.39, 0.29) is 40.9 Å². The molecule has 164 valence electrons. The van der Waals surface area contributed by atoms with E-state index in [1.807, 2.05) is 26.0 Å². The molecule has 0 saturated heterocycles. The number of Topliss-reactive ketones (excluding diaryl/α,β-unsaturated/α-hetero) is 1. The molecule has 0 aromatic heterocycles. The molecule has 4 rings (SSSR count). The number of hydrogen-bond acceptors (Lipinski definition) is 4. The lowest BCUT2D eigenvalue weighted by Gasteiger charge is -2.49. The Morgan fingerprint density at radius 2 is 1.90 bits per heavy atom. The van der Waals surface area contributed by atoms with E-state index in [0.717, 1.165) is 12.0 Å². The average Bonchev–Trinajstić information content (AvgIpc) is 3.14. The van der Waals surface area contributed by atoms with Crippen molar-refractivity contribution in [1.29, 1.82) is 0 Å². The second-order valence-electron chi connectivity index (χ2n) is 10.9. The van der Waals surface area contributed by atoms with E-state index in [4.69, 9.17) is 0 Å². The molecule has 0 aliphatic heterocycles. The topological polar surface area (TPSA) is 94.8 Å². The van der Waals surface area contributed by atoms with E-state index in [2.05, 4.69) is 13.8 Å². The van der Waals surface area contributed by atoms with Gasteiger partial charge in [-0.05, 0) is 62.4 Å². The van der Waals surface area contributed by atoms with Crippen molar-refractivity contribution in [3.63, 3.8) is 0 Å². The number of hydrogen-bond donors (Lipinski definition) is 3. The lowest BCUT2D eigenvalue weighted by atomic mass is 9.57. The third kappa shape index (κ3) is 2.42. The summed E-state index contributed by atoms with van der Waals surface area (Å²) in [4.78, 5) is 25.4. The van der Waals surface area contributed by atoms with Gasteiger partial charge in [-0.25, -0.2) is 4.79 Å². The second kappa shape index (κ2) is 6.39. The molecule has 1 unspecified atom stereocenters. The van der Waals surface area contributed by atoms with E-state index >= 15 is 0 Å². The Kier molecular flexibility index (Phi) is 4.58. The van der Waals surface area contributed by atoms with Crippen LogP contribution in [0.1, 0.15) is 54.4 Å². The molecule has 2 fully saturated rings. The van der Waals surface area contributed by atoms with Crippen molar-refractivity contribution in [1.82, 2.24) is 0 Å². The number of aliphatic carboxylic acids is 1. The normalized spacial score (nSPS) is 46.8. The molecule has 0 aromatic rings. The van der Waals surface area contributed by atoms with Gasteiger partial charge in [0.15, 0.2) is 5.78 Å². The Labute approximate surface area is 178 Å². The molecule has 2 bridgehead atoms. The molecule has 5 heteroatoms. The van der Waals surface area contributed by atoms with Crippen LogP contribution in [-0.4, -0.2) is 38.8 Å². The number of allylic oxidation sites excluding steroid dienone is 2. The van der Waals surface area contributed by atoms with Gasteiger partial charge in [-0.1, -0.05) is 44.6 Å². The van der Waals surface area contributed by atoms with Crippen LogP contribution in [0.25, 0.3) is 0 Å². The van der Waals surface area contributed by atoms with Gasteiger partial charge in [0.1, 0.15) is 11.7 Å². The third-order valence-electron chi connectivity index (χ3n) is 9.11. The molecule has 1 spiro atoms.